The van der Waals surface area contributed by atoms with E-state index in [2.05, 4.69) is 5.32 Å². The second kappa shape index (κ2) is 4.81. The third-order valence-electron chi connectivity index (χ3n) is 3.84. The van der Waals surface area contributed by atoms with Gasteiger partial charge in [0, 0.05) is 7.05 Å². The fourth-order valence-corrected chi connectivity index (χ4v) is 4.03. The number of hydrogen-bond donors (Lipinski definition) is 1. The van der Waals surface area contributed by atoms with Gasteiger partial charge >= 0.3 is 0 Å². The summed E-state index contributed by atoms with van der Waals surface area (Å²) in [6, 6.07) is 7.64. The van der Waals surface area contributed by atoms with E-state index < -0.39 is 11.4 Å². The molecule has 0 aromatic heterocycles. The van der Waals surface area contributed by atoms with Crippen LogP contribution in [-0.4, -0.2) is 33.9 Å². The maximum Gasteiger partial charge on any atom is 0.243 e. The maximum atomic E-state index is 12.5. The monoisotopic (exact) mass is 278 g/mol. The van der Waals surface area contributed by atoms with Gasteiger partial charge in [-0.05, 0) is 37.8 Å². The summed E-state index contributed by atoms with van der Waals surface area (Å²) >= 11 is -1.22. The van der Waals surface area contributed by atoms with E-state index in [0.717, 1.165) is 23.3 Å². The molecule has 1 aliphatic carbocycles. The second-order valence-corrected chi connectivity index (χ2v) is 6.70. The largest absolute Gasteiger partial charge is 0.593 e. The van der Waals surface area contributed by atoms with Crippen molar-refractivity contribution in [2.45, 2.75) is 36.7 Å². The van der Waals surface area contributed by atoms with Crippen molar-refractivity contribution < 1.29 is 9.35 Å². The van der Waals surface area contributed by atoms with E-state index in [1.807, 2.05) is 35.5 Å². The SMILES string of the molecule is CNC(=O)C1C(C2CC2)N1[S+]([O-])c1ccc(C)cc1. The van der Waals surface area contributed by atoms with Gasteiger partial charge in [0.25, 0.3) is 0 Å². The predicted octanol–water partition coefficient (Wildman–Crippen LogP) is 1.23. The number of amides is 1. The lowest BCUT2D eigenvalue weighted by Gasteiger charge is -2.11. The summed E-state index contributed by atoms with van der Waals surface area (Å²) in [6.07, 6.45) is 2.31. The van der Waals surface area contributed by atoms with Gasteiger partial charge in [-0.25, -0.2) is 0 Å². The third-order valence-corrected chi connectivity index (χ3v) is 5.36. The zero-order valence-corrected chi connectivity index (χ0v) is 11.9. The summed E-state index contributed by atoms with van der Waals surface area (Å²) in [7, 11) is 1.64. The maximum absolute atomic E-state index is 12.5. The van der Waals surface area contributed by atoms with Gasteiger partial charge in [0.15, 0.2) is 10.9 Å². The third kappa shape index (κ3) is 2.38. The Morgan fingerprint density at radius 2 is 2.00 bits per heavy atom. The van der Waals surface area contributed by atoms with Gasteiger partial charge in [-0.1, -0.05) is 17.7 Å². The molecule has 5 heteroatoms. The number of nitrogens with one attached hydrogen (secondary N) is 1. The fraction of sp³-hybridized carbons (Fsp3) is 0.500. The Labute approximate surface area is 116 Å². The van der Waals surface area contributed by atoms with Gasteiger partial charge in [-0.3, -0.25) is 4.79 Å². The van der Waals surface area contributed by atoms with E-state index >= 15 is 0 Å². The molecule has 4 nitrogen and oxygen atoms in total. The van der Waals surface area contributed by atoms with E-state index in [4.69, 9.17) is 0 Å². The van der Waals surface area contributed by atoms with Gasteiger partial charge < -0.3 is 9.87 Å². The van der Waals surface area contributed by atoms with Crippen molar-refractivity contribution in [3.63, 3.8) is 0 Å². The minimum Gasteiger partial charge on any atom is -0.593 e. The van der Waals surface area contributed by atoms with Crippen LogP contribution in [-0.2, 0) is 16.2 Å². The zero-order valence-electron chi connectivity index (χ0n) is 11.1. The summed E-state index contributed by atoms with van der Waals surface area (Å²) in [4.78, 5) is 12.6. The molecule has 0 radical (unpaired) electrons. The van der Waals surface area contributed by atoms with Gasteiger partial charge in [0.2, 0.25) is 5.91 Å². The lowest BCUT2D eigenvalue weighted by molar-refractivity contribution is -0.120. The molecule has 102 valence electrons. The lowest BCUT2D eigenvalue weighted by Crippen LogP contribution is -2.28. The van der Waals surface area contributed by atoms with E-state index in [-0.39, 0.29) is 18.0 Å². The molecule has 1 amide bonds. The quantitative estimate of drug-likeness (QED) is 0.665. The van der Waals surface area contributed by atoms with Crippen LogP contribution in [0.4, 0.5) is 0 Å². The normalized spacial score (nSPS) is 30.8. The number of nitrogens with zero attached hydrogens (tertiary/aromatic N) is 1. The van der Waals surface area contributed by atoms with E-state index in [1.165, 1.54) is 0 Å². The number of hydrogen-bond acceptors (Lipinski definition) is 3. The molecule has 1 saturated carbocycles. The molecule has 1 saturated heterocycles. The summed E-state index contributed by atoms with van der Waals surface area (Å²) in [6.45, 7) is 2.00. The van der Waals surface area contributed by atoms with Crippen LogP contribution < -0.4 is 5.32 Å². The number of carbonyl (C=O) groups excluding carboxylic acids is 1. The highest BCUT2D eigenvalue weighted by Gasteiger charge is 2.65. The van der Waals surface area contributed by atoms with Crippen LogP contribution in [0.25, 0.3) is 0 Å². The zero-order chi connectivity index (χ0) is 13.6. The van der Waals surface area contributed by atoms with Crippen molar-refractivity contribution in [1.82, 2.24) is 9.62 Å². The van der Waals surface area contributed by atoms with E-state index in [1.54, 1.807) is 7.05 Å². The number of benzene rings is 1. The van der Waals surface area contributed by atoms with Crippen LogP contribution in [0.2, 0.25) is 0 Å². The van der Waals surface area contributed by atoms with Crippen LogP contribution in [0.5, 0.6) is 0 Å². The van der Waals surface area contributed by atoms with Crippen molar-refractivity contribution in [2.75, 3.05) is 7.05 Å². The van der Waals surface area contributed by atoms with Crippen molar-refractivity contribution >= 4 is 17.3 Å². The molecule has 4 atom stereocenters. The van der Waals surface area contributed by atoms with E-state index in [0.29, 0.717) is 5.92 Å². The Hall–Kier alpha value is -1.04. The second-order valence-electron chi connectivity index (χ2n) is 5.31. The minimum atomic E-state index is -1.22. The molecule has 2 aliphatic rings. The molecule has 0 bridgehead atoms. The Bertz CT molecular complexity index is 487. The highest BCUT2D eigenvalue weighted by Crippen LogP contribution is 2.49. The van der Waals surface area contributed by atoms with Crippen LogP contribution in [0.15, 0.2) is 29.2 Å². The molecular formula is C14H18N2O2S. The number of carbonyl (C=O) groups is 1. The standard InChI is InChI=1S/C14H18N2O2S/c1-9-3-7-11(8-4-9)19(18)16-12(10-5-6-10)13(16)14(17)15-2/h3-4,7-8,10,12-13H,5-6H2,1-2H3,(H,15,17). The first-order valence-electron chi connectivity index (χ1n) is 6.62. The molecule has 4 unspecified atom stereocenters. The fourth-order valence-electron chi connectivity index (χ4n) is 2.54. The first-order chi connectivity index (χ1) is 9.13. The minimum absolute atomic E-state index is 0.0163. The van der Waals surface area contributed by atoms with Crippen molar-refractivity contribution in [3.8, 4) is 0 Å². The van der Waals surface area contributed by atoms with Crippen LogP contribution >= 0.6 is 0 Å². The Morgan fingerprint density at radius 3 is 2.53 bits per heavy atom. The van der Waals surface area contributed by atoms with Crippen LogP contribution in [0, 0.1) is 12.8 Å². The van der Waals surface area contributed by atoms with Crippen LogP contribution in [0.1, 0.15) is 18.4 Å². The summed E-state index contributed by atoms with van der Waals surface area (Å²) in [5.41, 5.74) is 1.15. The molecule has 2 fully saturated rings. The highest BCUT2D eigenvalue weighted by atomic mass is 32.2. The van der Waals surface area contributed by atoms with Gasteiger partial charge in [-0.15, -0.1) is 4.31 Å². The molecular weight excluding hydrogens is 260 g/mol. The van der Waals surface area contributed by atoms with E-state index in [9.17, 15) is 9.35 Å². The van der Waals surface area contributed by atoms with Gasteiger partial charge in [-0.2, -0.15) is 0 Å². The molecule has 1 aliphatic heterocycles. The first kappa shape index (κ1) is 13.0. The Morgan fingerprint density at radius 1 is 1.37 bits per heavy atom. The van der Waals surface area contributed by atoms with Crippen molar-refractivity contribution in [3.05, 3.63) is 29.8 Å². The number of aryl methyl sites for hydroxylation is 1. The van der Waals surface area contributed by atoms with Gasteiger partial charge in [0.05, 0.1) is 17.4 Å². The average molecular weight is 278 g/mol. The summed E-state index contributed by atoms with van der Waals surface area (Å²) < 4.78 is 14.4. The predicted molar refractivity (Wildman–Crippen MR) is 73.8 cm³/mol. The Balaban J connectivity index is 1.77. The molecule has 19 heavy (non-hydrogen) atoms. The summed E-state index contributed by atoms with van der Waals surface area (Å²) in [5.74, 6) is 0.536. The summed E-state index contributed by atoms with van der Waals surface area (Å²) in [5, 5.41) is 2.67. The lowest BCUT2D eigenvalue weighted by atomic mass is 10.2. The topological polar surface area (TPSA) is 55.2 Å². The molecule has 1 heterocycles. The van der Waals surface area contributed by atoms with Crippen molar-refractivity contribution in [1.29, 1.82) is 0 Å². The highest BCUT2D eigenvalue weighted by molar-refractivity contribution is 7.89. The molecule has 0 spiro atoms. The number of rotatable bonds is 4. The first-order valence-corrected chi connectivity index (χ1v) is 7.72. The average Bonchev–Trinajstić information content (AvgIpc) is 3.28. The van der Waals surface area contributed by atoms with Crippen LogP contribution in [0.3, 0.4) is 0 Å². The Kier molecular flexibility index (Phi) is 3.28. The molecule has 1 aromatic rings. The molecule has 1 aromatic carbocycles. The smallest absolute Gasteiger partial charge is 0.243 e. The molecule has 1 N–H and O–H groups in total. The number of likely N-dealkylation sites (N-methyl/N-ethyl adjacent to an activating group) is 1. The van der Waals surface area contributed by atoms with Crippen molar-refractivity contribution in [2.24, 2.45) is 5.92 Å². The van der Waals surface area contributed by atoms with Gasteiger partial charge in [0.1, 0.15) is 0 Å². The molecule has 3 rings (SSSR count).